The topological polar surface area (TPSA) is 41.5 Å². The van der Waals surface area contributed by atoms with E-state index in [0.717, 1.165) is 10.0 Å². The number of halogens is 1. The van der Waals surface area contributed by atoms with Crippen molar-refractivity contribution in [1.82, 2.24) is 5.32 Å². The minimum Gasteiger partial charge on any atom is -0.508 e. The fraction of sp³-hybridized carbons (Fsp3) is 0.455. The van der Waals surface area contributed by atoms with Crippen LogP contribution in [-0.4, -0.2) is 24.9 Å². The maximum Gasteiger partial charge on any atom is 0.120 e. The lowest BCUT2D eigenvalue weighted by molar-refractivity contribution is 0.171. The molecule has 0 saturated heterocycles. The molecule has 15 heavy (non-hydrogen) atoms. The highest BCUT2D eigenvalue weighted by Crippen LogP contribution is 2.21. The van der Waals surface area contributed by atoms with Crippen molar-refractivity contribution in [1.29, 1.82) is 0 Å². The van der Waals surface area contributed by atoms with E-state index in [1.54, 1.807) is 13.2 Å². The number of methoxy groups -OCH3 is 1. The average molecular weight is 274 g/mol. The van der Waals surface area contributed by atoms with Crippen molar-refractivity contribution in [3.8, 4) is 5.75 Å². The highest BCUT2D eigenvalue weighted by molar-refractivity contribution is 9.10. The van der Waals surface area contributed by atoms with Crippen LogP contribution in [0.1, 0.15) is 12.5 Å². The Kier molecular flexibility index (Phi) is 5.08. The van der Waals surface area contributed by atoms with Crippen LogP contribution in [0.15, 0.2) is 22.7 Å². The Balaban J connectivity index is 2.53. The van der Waals surface area contributed by atoms with Crippen LogP contribution in [-0.2, 0) is 11.3 Å². The molecule has 0 spiro atoms. The highest BCUT2D eigenvalue weighted by Gasteiger charge is 2.04. The Bertz CT molecular complexity index is 317. The van der Waals surface area contributed by atoms with Crippen molar-refractivity contribution >= 4 is 15.9 Å². The lowest BCUT2D eigenvalue weighted by Gasteiger charge is -2.13. The van der Waals surface area contributed by atoms with E-state index in [1.165, 1.54) is 0 Å². The third-order valence-corrected chi connectivity index (χ3v) is 2.59. The number of aromatic hydroxyl groups is 1. The van der Waals surface area contributed by atoms with Crippen molar-refractivity contribution in [2.45, 2.75) is 19.5 Å². The number of ether oxygens (including phenoxy) is 1. The highest BCUT2D eigenvalue weighted by atomic mass is 79.9. The van der Waals surface area contributed by atoms with Gasteiger partial charge in [-0.05, 0) is 25.1 Å². The lowest BCUT2D eigenvalue weighted by Crippen LogP contribution is -2.29. The molecule has 1 atom stereocenters. The molecule has 0 bridgehead atoms. The molecule has 1 aromatic rings. The summed E-state index contributed by atoms with van der Waals surface area (Å²) in [5, 5.41) is 12.8. The number of rotatable bonds is 5. The quantitative estimate of drug-likeness (QED) is 0.865. The third-order valence-electron chi connectivity index (χ3n) is 2.10. The maximum atomic E-state index is 9.59. The number of hydrogen-bond acceptors (Lipinski definition) is 3. The fourth-order valence-electron chi connectivity index (χ4n) is 1.29. The second-order valence-electron chi connectivity index (χ2n) is 3.51. The summed E-state index contributed by atoms with van der Waals surface area (Å²) >= 11 is 3.37. The molecule has 1 rings (SSSR count). The van der Waals surface area contributed by atoms with E-state index in [9.17, 15) is 5.11 Å². The molecule has 4 heteroatoms. The van der Waals surface area contributed by atoms with Crippen LogP contribution in [0.3, 0.4) is 0 Å². The van der Waals surface area contributed by atoms with Crippen molar-refractivity contribution < 1.29 is 9.84 Å². The molecule has 0 aromatic heterocycles. The summed E-state index contributed by atoms with van der Waals surface area (Å²) in [4.78, 5) is 0. The van der Waals surface area contributed by atoms with Gasteiger partial charge in [-0.2, -0.15) is 0 Å². The minimum absolute atomic E-state index is 0.272. The molecule has 0 radical (unpaired) electrons. The Morgan fingerprint density at radius 2 is 2.27 bits per heavy atom. The molecule has 1 aromatic carbocycles. The largest absolute Gasteiger partial charge is 0.508 e. The molecule has 3 nitrogen and oxygen atoms in total. The van der Waals surface area contributed by atoms with Gasteiger partial charge in [-0.25, -0.2) is 0 Å². The summed E-state index contributed by atoms with van der Waals surface area (Å²) in [5.41, 5.74) is 0.882. The van der Waals surface area contributed by atoms with Gasteiger partial charge in [0, 0.05) is 29.7 Å². The first kappa shape index (κ1) is 12.5. The van der Waals surface area contributed by atoms with Crippen LogP contribution in [0, 0.1) is 0 Å². The van der Waals surface area contributed by atoms with Gasteiger partial charge in [0.2, 0.25) is 0 Å². The van der Waals surface area contributed by atoms with E-state index in [1.807, 2.05) is 19.1 Å². The van der Waals surface area contributed by atoms with E-state index in [4.69, 9.17) is 4.74 Å². The zero-order chi connectivity index (χ0) is 11.3. The number of benzene rings is 1. The van der Waals surface area contributed by atoms with E-state index in [2.05, 4.69) is 21.2 Å². The zero-order valence-electron chi connectivity index (χ0n) is 8.96. The van der Waals surface area contributed by atoms with Gasteiger partial charge < -0.3 is 15.2 Å². The summed E-state index contributed by atoms with van der Waals surface area (Å²) in [5.74, 6) is 0.315. The van der Waals surface area contributed by atoms with Crippen LogP contribution >= 0.6 is 15.9 Å². The number of phenolic OH excluding ortho intramolecular Hbond substituents is 1. The zero-order valence-corrected chi connectivity index (χ0v) is 10.5. The predicted molar refractivity (Wildman–Crippen MR) is 64.0 cm³/mol. The Labute approximate surface area is 98.6 Å². The average Bonchev–Trinajstić information content (AvgIpc) is 2.20. The van der Waals surface area contributed by atoms with Crippen LogP contribution < -0.4 is 5.32 Å². The summed E-state index contributed by atoms with van der Waals surface area (Å²) < 4.78 is 5.98. The maximum absolute atomic E-state index is 9.59. The number of hydrogen-bond donors (Lipinski definition) is 2. The molecule has 84 valence electrons. The second-order valence-corrected chi connectivity index (χ2v) is 4.43. The Hall–Kier alpha value is -0.580. The molecule has 2 N–H and O–H groups in total. The molecule has 0 aliphatic heterocycles. The number of phenols is 1. The Morgan fingerprint density at radius 1 is 1.53 bits per heavy atom. The summed E-state index contributed by atoms with van der Waals surface area (Å²) in [7, 11) is 1.68. The molecule has 0 aliphatic rings. The first-order valence-electron chi connectivity index (χ1n) is 4.83. The fourth-order valence-corrected chi connectivity index (χ4v) is 1.70. The SMILES string of the molecule is COCC(C)NCc1cc(Br)ccc1O. The standard InChI is InChI=1S/C11H16BrNO2/c1-8(7-15-2)13-6-9-5-10(12)3-4-11(9)14/h3-5,8,13-14H,6-7H2,1-2H3. The summed E-state index contributed by atoms with van der Waals surface area (Å²) in [6.45, 7) is 3.34. The van der Waals surface area contributed by atoms with E-state index >= 15 is 0 Å². The third kappa shape index (κ3) is 4.20. The van der Waals surface area contributed by atoms with Gasteiger partial charge in [-0.15, -0.1) is 0 Å². The molecule has 0 aliphatic carbocycles. The first-order chi connectivity index (χ1) is 7.13. The van der Waals surface area contributed by atoms with Gasteiger partial charge in [-0.1, -0.05) is 15.9 Å². The van der Waals surface area contributed by atoms with Crippen LogP contribution in [0.25, 0.3) is 0 Å². The van der Waals surface area contributed by atoms with Crippen LogP contribution in [0.4, 0.5) is 0 Å². The van der Waals surface area contributed by atoms with E-state index < -0.39 is 0 Å². The predicted octanol–water partition coefficient (Wildman–Crippen LogP) is 2.28. The molecule has 0 heterocycles. The van der Waals surface area contributed by atoms with E-state index in [-0.39, 0.29) is 6.04 Å². The minimum atomic E-state index is 0.272. The van der Waals surface area contributed by atoms with Gasteiger partial charge >= 0.3 is 0 Å². The molecule has 0 saturated carbocycles. The van der Waals surface area contributed by atoms with Crippen molar-refractivity contribution in [2.75, 3.05) is 13.7 Å². The van der Waals surface area contributed by atoms with Crippen molar-refractivity contribution in [3.05, 3.63) is 28.2 Å². The van der Waals surface area contributed by atoms with Crippen molar-refractivity contribution in [2.24, 2.45) is 0 Å². The monoisotopic (exact) mass is 273 g/mol. The second kappa shape index (κ2) is 6.10. The smallest absolute Gasteiger partial charge is 0.120 e. The molecular weight excluding hydrogens is 258 g/mol. The van der Waals surface area contributed by atoms with Crippen LogP contribution in [0.2, 0.25) is 0 Å². The Morgan fingerprint density at radius 3 is 2.93 bits per heavy atom. The van der Waals surface area contributed by atoms with Gasteiger partial charge in [0.1, 0.15) is 5.75 Å². The van der Waals surface area contributed by atoms with Gasteiger partial charge in [-0.3, -0.25) is 0 Å². The molecular formula is C11H16BrNO2. The van der Waals surface area contributed by atoms with Gasteiger partial charge in [0.25, 0.3) is 0 Å². The van der Waals surface area contributed by atoms with E-state index in [0.29, 0.717) is 18.9 Å². The first-order valence-corrected chi connectivity index (χ1v) is 5.62. The summed E-state index contributed by atoms with van der Waals surface area (Å²) in [6.07, 6.45) is 0. The summed E-state index contributed by atoms with van der Waals surface area (Å²) in [6, 6.07) is 5.68. The van der Waals surface area contributed by atoms with Gasteiger partial charge in [0.05, 0.1) is 6.61 Å². The number of nitrogens with one attached hydrogen (secondary N) is 1. The molecule has 1 unspecified atom stereocenters. The molecule has 0 fully saturated rings. The normalized spacial score (nSPS) is 12.7. The lowest BCUT2D eigenvalue weighted by atomic mass is 10.2. The molecule has 0 amide bonds. The van der Waals surface area contributed by atoms with Gasteiger partial charge in [0.15, 0.2) is 0 Å². The van der Waals surface area contributed by atoms with Crippen molar-refractivity contribution in [3.63, 3.8) is 0 Å². The van der Waals surface area contributed by atoms with Crippen LogP contribution in [0.5, 0.6) is 5.75 Å².